The molecule has 0 spiro atoms. The van der Waals surface area contributed by atoms with E-state index in [2.05, 4.69) is 37.8 Å². The van der Waals surface area contributed by atoms with Gasteiger partial charge in [-0.1, -0.05) is 6.07 Å². The van der Waals surface area contributed by atoms with Crippen molar-refractivity contribution in [2.24, 2.45) is 0 Å². The van der Waals surface area contributed by atoms with Crippen molar-refractivity contribution >= 4 is 16.9 Å². The van der Waals surface area contributed by atoms with Gasteiger partial charge in [-0.3, -0.25) is 4.98 Å². The molecule has 1 fully saturated rings. The summed E-state index contributed by atoms with van der Waals surface area (Å²) in [5.41, 5.74) is 3.92. The number of aryl methyl sites for hydroxylation is 2. The smallest absolute Gasteiger partial charge is 0.165 e. The molecular formula is C20H23N5O. The fourth-order valence-electron chi connectivity index (χ4n) is 3.55. The average molecular weight is 349 g/mol. The molecule has 1 aliphatic rings. The van der Waals surface area contributed by atoms with E-state index in [1.54, 1.807) is 12.5 Å². The van der Waals surface area contributed by atoms with E-state index in [-0.39, 0.29) is 6.10 Å². The maximum Gasteiger partial charge on any atom is 0.165 e. The molecule has 0 aromatic carbocycles. The molecule has 1 aliphatic heterocycles. The summed E-state index contributed by atoms with van der Waals surface area (Å²) in [4.78, 5) is 20.1. The third-order valence-corrected chi connectivity index (χ3v) is 4.84. The number of hydrogen-bond donors (Lipinski definition) is 0. The van der Waals surface area contributed by atoms with Crippen LogP contribution in [0.15, 0.2) is 36.8 Å². The van der Waals surface area contributed by atoms with Crippen LogP contribution in [0.25, 0.3) is 11.0 Å². The fraction of sp³-hybridized carbons (Fsp3) is 0.400. The molecule has 1 saturated heterocycles. The molecule has 0 unspecified atom stereocenters. The Morgan fingerprint density at radius 3 is 2.73 bits per heavy atom. The van der Waals surface area contributed by atoms with Gasteiger partial charge in [-0.25, -0.2) is 15.0 Å². The van der Waals surface area contributed by atoms with E-state index < -0.39 is 0 Å². The van der Waals surface area contributed by atoms with Crippen LogP contribution in [0.1, 0.15) is 29.8 Å². The number of rotatable bonds is 4. The van der Waals surface area contributed by atoms with Gasteiger partial charge < -0.3 is 9.64 Å². The Labute approximate surface area is 153 Å². The Morgan fingerprint density at radius 1 is 1.12 bits per heavy atom. The molecular weight excluding hydrogens is 326 g/mol. The third-order valence-electron chi connectivity index (χ3n) is 4.84. The number of anilines is 1. The van der Waals surface area contributed by atoms with Crippen molar-refractivity contribution < 1.29 is 4.74 Å². The van der Waals surface area contributed by atoms with Crippen molar-refractivity contribution in [1.29, 1.82) is 0 Å². The molecule has 0 aliphatic carbocycles. The quantitative estimate of drug-likeness (QED) is 0.721. The molecule has 0 N–H and O–H groups in total. The van der Waals surface area contributed by atoms with Crippen molar-refractivity contribution in [2.45, 2.75) is 39.4 Å². The molecule has 4 heterocycles. The molecule has 0 radical (unpaired) electrons. The summed E-state index contributed by atoms with van der Waals surface area (Å²) in [6, 6.07) is 8.01. The lowest BCUT2D eigenvalue weighted by Crippen LogP contribution is -2.37. The van der Waals surface area contributed by atoms with Crippen LogP contribution in [-0.2, 0) is 11.3 Å². The molecule has 0 bridgehead atoms. The van der Waals surface area contributed by atoms with Gasteiger partial charge in [0.25, 0.3) is 0 Å². The first-order valence-corrected chi connectivity index (χ1v) is 9.06. The van der Waals surface area contributed by atoms with Gasteiger partial charge in [0, 0.05) is 25.0 Å². The summed E-state index contributed by atoms with van der Waals surface area (Å²) in [6.07, 6.45) is 5.66. The van der Waals surface area contributed by atoms with Crippen LogP contribution in [0.4, 0.5) is 5.82 Å². The zero-order chi connectivity index (χ0) is 17.9. The van der Waals surface area contributed by atoms with E-state index in [0.717, 1.165) is 54.2 Å². The normalized spacial score (nSPS) is 15.5. The Kier molecular flexibility index (Phi) is 4.75. The van der Waals surface area contributed by atoms with Crippen molar-refractivity contribution in [1.82, 2.24) is 19.9 Å². The highest BCUT2D eigenvalue weighted by molar-refractivity contribution is 5.90. The lowest BCUT2D eigenvalue weighted by molar-refractivity contribution is 0.0234. The van der Waals surface area contributed by atoms with E-state index in [1.165, 1.54) is 5.56 Å². The maximum atomic E-state index is 6.05. The topological polar surface area (TPSA) is 64.0 Å². The zero-order valence-corrected chi connectivity index (χ0v) is 15.2. The summed E-state index contributed by atoms with van der Waals surface area (Å²) in [5, 5.41) is 1.06. The first-order chi connectivity index (χ1) is 12.7. The van der Waals surface area contributed by atoms with E-state index in [0.29, 0.717) is 6.61 Å². The first-order valence-electron chi connectivity index (χ1n) is 9.06. The number of piperidine rings is 1. The number of aromatic nitrogens is 4. The van der Waals surface area contributed by atoms with Gasteiger partial charge in [-0.2, -0.15) is 0 Å². The van der Waals surface area contributed by atoms with Crippen LogP contribution in [0.5, 0.6) is 0 Å². The second-order valence-electron chi connectivity index (χ2n) is 6.79. The van der Waals surface area contributed by atoms with Gasteiger partial charge in [0.15, 0.2) is 5.65 Å². The van der Waals surface area contributed by atoms with Crippen LogP contribution >= 0.6 is 0 Å². The molecule has 6 nitrogen and oxygen atoms in total. The molecule has 4 rings (SSSR count). The van der Waals surface area contributed by atoms with Gasteiger partial charge >= 0.3 is 0 Å². The second-order valence-corrected chi connectivity index (χ2v) is 6.79. The van der Waals surface area contributed by atoms with E-state index in [4.69, 9.17) is 4.74 Å². The predicted molar refractivity (Wildman–Crippen MR) is 101 cm³/mol. The minimum atomic E-state index is 0.267. The largest absolute Gasteiger partial charge is 0.372 e. The lowest BCUT2D eigenvalue weighted by atomic mass is 10.1. The van der Waals surface area contributed by atoms with E-state index in [1.807, 2.05) is 25.1 Å². The number of ether oxygens (including phenoxy) is 1. The molecule has 3 aromatic rings. The number of hydrogen-bond acceptors (Lipinski definition) is 6. The third kappa shape index (κ3) is 3.51. The summed E-state index contributed by atoms with van der Waals surface area (Å²) < 4.78 is 6.05. The summed E-state index contributed by atoms with van der Waals surface area (Å²) in [5.74, 6) is 0.989. The summed E-state index contributed by atoms with van der Waals surface area (Å²) in [6.45, 7) is 6.52. The zero-order valence-electron chi connectivity index (χ0n) is 15.2. The van der Waals surface area contributed by atoms with Crippen LogP contribution in [0.2, 0.25) is 0 Å². The van der Waals surface area contributed by atoms with Crippen molar-refractivity contribution in [3.8, 4) is 0 Å². The van der Waals surface area contributed by atoms with Crippen molar-refractivity contribution in [3.05, 3.63) is 53.7 Å². The Morgan fingerprint density at radius 2 is 1.96 bits per heavy atom. The maximum absolute atomic E-state index is 6.05. The number of fused-ring (bicyclic) bond motifs is 1. The van der Waals surface area contributed by atoms with Crippen LogP contribution in [0, 0.1) is 13.8 Å². The first kappa shape index (κ1) is 16.8. The second kappa shape index (κ2) is 7.33. The molecule has 0 atom stereocenters. The van der Waals surface area contributed by atoms with Gasteiger partial charge in [0.2, 0.25) is 0 Å². The standard InChI is InChI=1S/C20H23N5O/c1-14-11-15(2)24-19-18(14)20(23-13-22-19)25-9-6-17(7-10-25)26-12-16-5-3-4-8-21-16/h3-5,8,11,13,17H,6-7,9-10,12H2,1-2H3. The van der Waals surface area contributed by atoms with Gasteiger partial charge in [-0.05, 0) is 50.5 Å². The van der Waals surface area contributed by atoms with Crippen LogP contribution in [-0.4, -0.2) is 39.1 Å². The SMILES string of the molecule is Cc1cc(C)c2c(N3CCC(OCc4ccccn4)CC3)ncnc2n1. The van der Waals surface area contributed by atoms with Gasteiger partial charge in [0.1, 0.15) is 12.1 Å². The van der Waals surface area contributed by atoms with Gasteiger partial charge in [0.05, 0.1) is 23.8 Å². The molecule has 3 aromatic heterocycles. The van der Waals surface area contributed by atoms with Crippen molar-refractivity contribution in [3.63, 3.8) is 0 Å². The lowest BCUT2D eigenvalue weighted by Gasteiger charge is -2.33. The minimum absolute atomic E-state index is 0.267. The van der Waals surface area contributed by atoms with E-state index in [9.17, 15) is 0 Å². The molecule has 6 heteroatoms. The Hall–Kier alpha value is -2.60. The number of nitrogens with zero attached hydrogens (tertiary/aromatic N) is 5. The van der Waals surface area contributed by atoms with Crippen molar-refractivity contribution in [2.75, 3.05) is 18.0 Å². The average Bonchev–Trinajstić information content (AvgIpc) is 2.67. The minimum Gasteiger partial charge on any atom is -0.372 e. The number of pyridine rings is 2. The molecule has 0 saturated carbocycles. The molecule has 0 amide bonds. The molecule has 26 heavy (non-hydrogen) atoms. The Balaban J connectivity index is 1.44. The summed E-state index contributed by atoms with van der Waals surface area (Å²) in [7, 11) is 0. The van der Waals surface area contributed by atoms with Gasteiger partial charge in [-0.15, -0.1) is 0 Å². The highest BCUT2D eigenvalue weighted by Gasteiger charge is 2.23. The highest BCUT2D eigenvalue weighted by Crippen LogP contribution is 2.28. The predicted octanol–water partition coefficient (Wildman–Crippen LogP) is 3.22. The Bertz CT molecular complexity index is 891. The van der Waals surface area contributed by atoms with E-state index >= 15 is 0 Å². The van der Waals surface area contributed by atoms with Crippen LogP contribution in [0.3, 0.4) is 0 Å². The summed E-state index contributed by atoms with van der Waals surface area (Å²) >= 11 is 0. The highest BCUT2D eigenvalue weighted by atomic mass is 16.5. The van der Waals surface area contributed by atoms with Crippen LogP contribution < -0.4 is 4.90 Å². The monoisotopic (exact) mass is 349 g/mol. The molecule has 134 valence electrons. The fourth-order valence-corrected chi connectivity index (χ4v) is 3.55.